The van der Waals surface area contributed by atoms with Gasteiger partial charge in [-0.15, -0.1) is 0 Å². The number of hydrogen-bond donors (Lipinski definition) is 2. The molecule has 0 bridgehead atoms. The zero-order valence-corrected chi connectivity index (χ0v) is 15.3. The number of rotatable bonds is 5. The highest BCUT2D eigenvalue weighted by molar-refractivity contribution is 5.80. The molecule has 1 aliphatic carbocycles. The lowest BCUT2D eigenvalue weighted by Gasteiger charge is -2.54. The molecule has 1 aromatic heterocycles. The molecule has 3 rings (SSSR count). The highest BCUT2D eigenvalue weighted by Gasteiger charge is 2.59. The number of aryl methyl sites for hydroxylation is 1. The van der Waals surface area contributed by atoms with E-state index in [1.165, 1.54) is 5.56 Å². The van der Waals surface area contributed by atoms with Crippen LogP contribution in [0.1, 0.15) is 38.4 Å². The molecule has 0 amide bonds. The van der Waals surface area contributed by atoms with Gasteiger partial charge in [0.05, 0.1) is 6.10 Å². The third-order valence-corrected chi connectivity index (χ3v) is 5.38. The second-order valence-electron chi connectivity index (χ2n) is 7.51. The van der Waals surface area contributed by atoms with Crippen LogP contribution in [0.2, 0.25) is 0 Å². The first-order valence-corrected chi connectivity index (χ1v) is 9.10. The van der Waals surface area contributed by atoms with Gasteiger partial charge in [-0.3, -0.25) is 9.98 Å². The van der Waals surface area contributed by atoms with Gasteiger partial charge in [0.15, 0.2) is 5.96 Å². The van der Waals surface area contributed by atoms with Crippen molar-refractivity contribution in [2.45, 2.75) is 52.7 Å². The van der Waals surface area contributed by atoms with E-state index in [1.807, 2.05) is 13.1 Å². The van der Waals surface area contributed by atoms with Crippen LogP contribution in [0.15, 0.2) is 23.3 Å². The molecule has 0 aromatic carbocycles. The second kappa shape index (κ2) is 7.09. The normalized spacial score (nSPS) is 28.2. The van der Waals surface area contributed by atoms with E-state index in [-0.39, 0.29) is 5.41 Å². The van der Waals surface area contributed by atoms with Gasteiger partial charge in [0.2, 0.25) is 0 Å². The maximum absolute atomic E-state index is 5.88. The molecule has 2 aliphatic rings. The van der Waals surface area contributed by atoms with Crippen molar-refractivity contribution in [3.8, 4) is 0 Å². The fourth-order valence-electron chi connectivity index (χ4n) is 4.03. The maximum Gasteiger partial charge on any atom is 0.191 e. The molecule has 24 heavy (non-hydrogen) atoms. The van der Waals surface area contributed by atoms with Crippen molar-refractivity contribution in [3.05, 3.63) is 29.6 Å². The summed E-state index contributed by atoms with van der Waals surface area (Å²) in [7, 11) is 0. The molecule has 2 fully saturated rings. The predicted octanol–water partition coefficient (Wildman–Crippen LogP) is 2.30. The zero-order chi connectivity index (χ0) is 17.2. The molecule has 0 spiro atoms. The van der Waals surface area contributed by atoms with Crippen molar-refractivity contribution in [1.29, 1.82) is 0 Å². The van der Waals surface area contributed by atoms with E-state index >= 15 is 0 Å². The number of nitrogens with one attached hydrogen (secondary N) is 2. The smallest absolute Gasteiger partial charge is 0.191 e. The summed E-state index contributed by atoms with van der Waals surface area (Å²) in [5.41, 5.74) is 2.45. The molecule has 3 atom stereocenters. The number of guanidine groups is 1. The molecular weight excluding hydrogens is 300 g/mol. The Morgan fingerprint density at radius 3 is 2.96 bits per heavy atom. The van der Waals surface area contributed by atoms with Crippen LogP contribution in [0.25, 0.3) is 0 Å². The second-order valence-corrected chi connectivity index (χ2v) is 7.51. The Bertz CT molecular complexity index is 582. The Labute approximate surface area is 145 Å². The number of pyridine rings is 1. The fraction of sp³-hybridized carbons (Fsp3) is 0.684. The monoisotopic (exact) mass is 330 g/mol. The minimum absolute atomic E-state index is 0.165. The summed E-state index contributed by atoms with van der Waals surface area (Å²) in [5.74, 6) is 1.53. The molecule has 2 heterocycles. The lowest BCUT2D eigenvalue weighted by atomic mass is 9.57. The molecule has 3 unspecified atom stereocenters. The van der Waals surface area contributed by atoms with Crippen molar-refractivity contribution in [2.24, 2.45) is 16.3 Å². The third kappa shape index (κ3) is 3.41. The quantitative estimate of drug-likeness (QED) is 0.642. The summed E-state index contributed by atoms with van der Waals surface area (Å²) >= 11 is 0. The van der Waals surface area contributed by atoms with Crippen LogP contribution in [0.5, 0.6) is 0 Å². The lowest BCUT2D eigenvalue weighted by Crippen LogP contribution is -2.68. The van der Waals surface area contributed by atoms with Crippen LogP contribution in [-0.4, -0.2) is 42.8 Å². The van der Waals surface area contributed by atoms with Gasteiger partial charge < -0.3 is 15.4 Å². The number of aliphatic imine (C=N–C) groups is 1. The molecule has 1 saturated carbocycles. The summed E-state index contributed by atoms with van der Waals surface area (Å²) in [6, 6.07) is 4.62. The van der Waals surface area contributed by atoms with E-state index in [4.69, 9.17) is 9.73 Å². The molecule has 132 valence electrons. The first-order valence-electron chi connectivity index (χ1n) is 9.10. The fourth-order valence-corrected chi connectivity index (χ4v) is 4.03. The summed E-state index contributed by atoms with van der Waals surface area (Å²) in [4.78, 5) is 9.10. The van der Waals surface area contributed by atoms with Gasteiger partial charge in [-0.2, -0.15) is 0 Å². The third-order valence-electron chi connectivity index (χ3n) is 5.38. The van der Waals surface area contributed by atoms with Crippen LogP contribution >= 0.6 is 0 Å². The van der Waals surface area contributed by atoms with Crippen LogP contribution in [0, 0.1) is 18.3 Å². The van der Waals surface area contributed by atoms with Crippen molar-refractivity contribution in [3.63, 3.8) is 0 Å². The molecule has 5 heteroatoms. The van der Waals surface area contributed by atoms with Crippen molar-refractivity contribution in [1.82, 2.24) is 15.6 Å². The first kappa shape index (κ1) is 17.2. The van der Waals surface area contributed by atoms with Crippen molar-refractivity contribution >= 4 is 5.96 Å². The van der Waals surface area contributed by atoms with Gasteiger partial charge in [-0.05, 0) is 38.3 Å². The number of fused-ring (bicyclic) bond motifs is 1. The van der Waals surface area contributed by atoms with E-state index in [2.05, 4.69) is 48.5 Å². The molecular formula is C19H30N4O. The SMILES string of the molecule is CCNC(=NCCc1ccc(C)nc1)NC1C2CCOC2C1(C)C. The minimum Gasteiger partial charge on any atom is -0.377 e. The van der Waals surface area contributed by atoms with Gasteiger partial charge in [0.25, 0.3) is 0 Å². The van der Waals surface area contributed by atoms with E-state index in [1.54, 1.807) is 0 Å². The molecule has 1 aromatic rings. The molecule has 2 N–H and O–H groups in total. The van der Waals surface area contributed by atoms with Gasteiger partial charge >= 0.3 is 0 Å². The largest absolute Gasteiger partial charge is 0.377 e. The summed E-state index contributed by atoms with van der Waals surface area (Å²) in [5, 5.41) is 7.03. The van der Waals surface area contributed by atoms with E-state index < -0.39 is 0 Å². The zero-order valence-electron chi connectivity index (χ0n) is 15.3. The summed E-state index contributed by atoms with van der Waals surface area (Å²) in [6.07, 6.45) is 4.41. The topological polar surface area (TPSA) is 58.5 Å². The lowest BCUT2D eigenvalue weighted by molar-refractivity contribution is -0.106. The Hall–Kier alpha value is -1.62. The van der Waals surface area contributed by atoms with Crippen LogP contribution in [-0.2, 0) is 11.2 Å². The van der Waals surface area contributed by atoms with Gasteiger partial charge in [0, 0.05) is 49.0 Å². The molecule has 1 aliphatic heterocycles. The van der Waals surface area contributed by atoms with E-state index in [0.717, 1.165) is 44.2 Å². The Balaban J connectivity index is 1.58. The van der Waals surface area contributed by atoms with Gasteiger partial charge in [-0.25, -0.2) is 0 Å². The standard InChI is InChI=1S/C19H30N4O/c1-5-20-18(21-10-8-14-7-6-13(2)22-12-14)23-16-15-9-11-24-17(15)19(16,3)4/h6-7,12,15-17H,5,8-11H2,1-4H3,(H2,20,21,23). The predicted molar refractivity (Wildman–Crippen MR) is 97.2 cm³/mol. The highest BCUT2D eigenvalue weighted by atomic mass is 16.5. The highest BCUT2D eigenvalue weighted by Crippen LogP contribution is 2.52. The molecule has 0 radical (unpaired) electrons. The average Bonchev–Trinajstić information content (AvgIpc) is 3.01. The number of aromatic nitrogens is 1. The number of hydrogen-bond acceptors (Lipinski definition) is 3. The number of nitrogens with zero attached hydrogens (tertiary/aromatic N) is 2. The Morgan fingerprint density at radius 2 is 2.25 bits per heavy atom. The maximum atomic E-state index is 5.88. The van der Waals surface area contributed by atoms with Gasteiger partial charge in [-0.1, -0.05) is 19.9 Å². The first-order chi connectivity index (χ1) is 11.5. The van der Waals surface area contributed by atoms with Crippen molar-refractivity contribution in [2.75, 3.05) is 19.7 Å². The Morgan fingerprint density at radius 1 is 1.42 bits per heavy atom. The van der Waals surface area contributed by atoms with Crippen LogP contribution in [0.4, 0.5) is 0 Å². The van der Waals surface area contributed by atoms with Crippen LogP contribution in [0.3, 0.4) is 0 Å². The van der Waals surface area contributed by atoms with Crippen LogP contribution < -0.4 is 10.6 Å². The molecule has 5 nitrogen and oxygen atoms in total. The van der Waals surface area contributed by atoms with E-state index in [9.17, 15) is 0 Å². The Kier molecular flexibility index (Phi) is 5.09. The van der Waals surface area contributed by atoms with Crippen molar-refractivity contribution < 1.29 is 4.74 Å². The summed E-state index contributed by atoms with van der Waals surface area (Å²) < 4.78 is 5.88. The average molecular weight is 330 g/mol. The van der Waals surface area contributed by atoms with Gasteiger partial charge in [0.1, 0.15) is 0 Å². The summed E-state index contributed by atoms with van der Waals surface area (Å²) in [6.45, 7) is 11.2. The van der Waals surface area contributed by atoms with E-state index in [0.29, 0.717) is 18.1 Å². The number of ether oxygens (including phenoxy) is 1. The molecule has 1 saturated heterocycles. The minimum atomic E-state index is 0.165.